The highest BCUT2D eigenvalue weighted by molar-refractivity contribution is 8.00. The molecule has 1 aromatic heterocycles. The summed E-state index contributed by atoms with van der Waals surface area (Å²) in [6.07, 6.45) is 6.69. The molecule has 2 aliphatic heterocycles. The SMILES string of the molecule is CN1[C@@H]2CC[C@H]1C[C@H](Sc1ccc([N+](=O)[O-])nc1)C2. The molecule has 0 aliphatic carbocycles. The van der Waals surface area contributed by atoms with Gasteiger partial charge in [-0.15, -0.1) is 11.8 Å². The van der Waals surface area contributed by atoms with Gasteiger partial charge in [0.25, 0.3) is 0 Å². The van der Waals surface area contributed by atoms with Crippen LogP contribution in [0.15, 0.2) is 23.2 Å². The van der Waals surface area contributed by atoms with E-state index in [-0.39, 0.29) is 5.82 Å². The predicted octanol–water partition coefficient (Wildman–Crippen LogP) is 2.71. The maximum Gasteiger partial charge on any atom is 0.363 e. The van der Waals surface area contributed by atoms with E-state index in [1.54, 1.807) is 6.20 Å². The molecule has 2 bridgehead atoms. The van der Waals surface area contributed by atoms with E-state index in [1.165, 1.54) is 31.7 Å². The second-order valence-electron chi connectivity index (χ2n) is 5.37. The monoisotopic (exact) mass is 279 g/mol. The van der Waals surface area contributed by atoms with Gasteiger partial charge in [0, 0.05) is 23.4 Å². The van der Waals surface area contributed by atoms with Gasteiger partial charge in [-0.2, -0.15) is 0 Å². The van der Waals surface area contributed by atoms with Crippen LogP contribution < -0.4 is 0 Å². The second kappa shape index (κ2) is 5.09. The summed E-state index contributed by atoms with van der Waals surface area (Å²) < 4.78 is 0. The van der Waals surface area contributed by atoms with E-state index in [0.29, 0.717) is 5.25 Å². The summed E-state index contributed by atoms with van der Waals surface area (Å²) in [5.41, 5.74) is 0. The first kappa shape index (κ1) is 12.9. The maximum absolute atomic E-state index is 10.6. The number of aromatic nitrogens is 1. The number of nitro groups is 1. The number of rotatable bonds is 3. The molecule has 3 rings (SSSR count). The van der Waals surface area contributed by atoms with Crippen molar-refractivity contribution < 1.29 is 4.92 Å². The number of pyridine rings is 1. The van der Waals surface area contributed by atoms with Crippen molar-refractivity contribution in [3.05, 3.63) is 28.4 Å². The summed E-state index contributed by atoms with van der Waals surface area (Å²) in [6, 6.07) is 4.76. The zero-order valence-electron chi connectivity index (χ0n) is 10.9. The normalized spacial score (nSPS) is 30.5. The van der Waals surface area contributed by atoms with Gasteiger partial charge in [-0.1, -0.05) is 0 Å². The molecule has 0 N–H and O–H groups in total. The standard InChI is InChI=1S/C13H17N3O2S/c1-15-9-2-3-10(15)7-12(6-9)19-11-4-5-13(14-8-11)16(17)18/h4-5,8-10,12H,2-3,6-7H2,1H3/t9-,10+,12-. The molecule has 0 unspecified atom stereocenters. The Hall–Kier alpha value is -1.14. The molecule has 0 aromatic carbocycles. The molecule has 19 heavy (non-hydrogen) atoms. The largest absolute Gasteiger partial charge is 0.363 e. The molecule has 2 fully saturated rings. The van der Waals surface area contributed by atoms with Gasteiger partial charge in [0.05, 0.1) is 4.90 Å². The van der Waals surface area contributed by atoms with Gasteiger partial charge in [0.1, 0.15) is 0 Å². The van der Waals surface area contributed by atoms with Gasteiger partial charge >= 0.3 is 5.82 Å². The van der Waals surface area contributed by atoms with Gasteiger partial charge in [0.2, 0.25) is 0 Å². The Morgan fingerprint density at radius 2 is 2.05 bits per heavy atom. The molecule has 0 amide bonds. The minimum absolute atomic E-state index is 0.0761. The van der Waals surface area contributed by atoms with Crippen LogP contribution in [0.3, 0.4) is 0 Å². The van der Waals surface area contributed by atoms with Crippen molar-refractivity contribution in [2.75, 3.05) is 7.05 Å². The van der Waals surface area contributed by atoms with E-state index in [0.717, 1.165) is 17.0 Å². The number of thioether (sulfide) groups is 1. The number of hydrogen-bond donors (Lipinski definition) is 0. The molecule has 6 heteroatoms. The van der Waals surface area contributed by atoms with Gasteiger partial charge in [-0.25, -0.2) is 0 Å². The van der Waals surface area contributed by atoms with Crippen molar-refractivity contribution in [3.63, 3.8) is 0 Å². The Kier molecular flexibility index (Phi) is 3.45. The smallest absolute Gasteiger partial charge is 0.358 e. The van der Waals surface area contributed by atoms with Gasteiger partial charge < -0.3 is 15.0 Å². The third kappa shape index (κ3) is 2.60. The summed E-state index contributed by atoms with van der Waals surface area (Å²) in [5.74, 6) is -0.0761. The van der Waals surface area contributed by atoms with Gasteiger partial charge in [-0.3, -0.25) is 0 Å². The topological polar surface area (TPSA) is 59.3 Å². The van der Waals surface area contributed by atoms with Crippen molar-refractivity contribution in [2.45, 2.75) is 47.9 Å². The molecule has 5 nitrogen and oxygen atoms in total. The third-order valence-electron chi connectivity index (χ3n) is 4.27. The summed E-state index contributed by atoms with van der Waals surface area (Å²) in [6.45, 7) is 0. The van der Waals surface area contributed by atoms with Crippen LogP contribution in [0.4, 0.5) is 5.82 Å². The van der Waals surface area contributed by atoms with Crippen molar-refractivity contribution >= 4 is 17.6 Å². The van der Waals surface area contributed by atoms with Gasteiger partial charge in [-0.05, 0) is 48.7 Å². The molecular weight excluding hydrogens is 262 g/mol. The Labute approximate surface area is 116 Å². The lowest BCUT2D eigenvalue weighted by molar-refractivity contribution is -0.389. The molecule has 1 aromatic rings. The molecule has 3 atom stereocenters. The van der Waals surface area contributed by atoms with E-state index in [9.17, 15) is 10.1 Å². The van der Waals surface area contributed by atoms with Gasteiger partial charge in [0.15, 0.2) is 6.20 Å². The highest BCUT2D eigenvalue weighted by atomic mass is 32.2. The minimum Gasteiger partial charge on any atom is -0.358 e. The molecule has 0 saturated carbocycles. The molecular formula is C13H17N3O2S. The van der Waals surface area contributed by atoms with Crippen molar-refractivity contribution in [3.8, 4) is 0 Å². The van der Waals surface area contributed by atoms with Crippen molar-refractivity contribution in [2.24, 2.45) is 0 Å². The minimum atomic E-state index is -0.454. The van der Waals surface area contributed by atoms with Crippen LogP contribution in [0.25, 0.3) is 0 Å². The highest BCUT2D eigenvalue weighted by Crippen LogP contribution is 2.41. The maximum atomic E-state index is 10.6. The zero-order valence-corrected chi connectivity index (χ0v) is 11.7. The summed E-state index contributed by atoms with van der Waals surface area (Å²) in [5, 5.41) is 11.2. The fraction of sp³-hybridized carbons (Fsp3) is 0.615. The number of fused-ring (bicyclic) bond motifs is 2. The van der Waals surface area contributed by atoms with Crippen LogP contribution in [-0.2, 0) is 0 Å². The average Bonchev–Trinajstić information content (AvgIpc) is 2.63. The Morgan fingerprint density at radius 1 is 1.37 bits per heavy atom. The fourth-order valence-electron chi connectivity index (χ4n) is 3.20. The van der Waals surface area contributed by atoms with E-state index in [1.807, 2.05) is 17.8 Å². The highest BCUT2D eigenvalue weighted by Gasteiger charge is 2.38. The molecule has 0 radical (unpaired) electrons. The van der Waals surface area contributed by atoms with Crippen LogP contribution in [0.1, 0.15) is 25.7 Å². The Bertz CT molecular complexity index is 465. The average molecular weight is 279 g/mol. The first-order valence-electron chi connectivity index (χ1n) is 6.62. The van der Waals surface area contributed by atoms with E-state index >= 15 is 0 Å². The van der Waals surface area contributed by atoms with E-state index < -0.39 is 4.92 Å². The summed E-state index contributed by atoms with van der Waals surface area (Å²) >= 11 is 1.82. The van der Waals surface area contributed by atoms with Crippen LogP contribution in [-0.4, -0.2) is 39.2 Å². The number of piperidine rings is 1. The third-order valence-corrected chi connectivity index (χ3v) is 5.50. The van der Waals surface area contributed by atoms with Crippen LogP contribution in [0.2, 0.25) is 0 Å². The first-order valence-corrected chi connectivity index (χ1v) is 7.50. The summed E-state index contributed by atoms with van der Waals surface area (Å²) in [4.78, 5) is 17.6. The lowest BCUT2D eigenvalue weighted by Crippen LogP contribution is -2.40. The Morgan fingerprint density at radius 3 is 2.58 bits per heavy atom. The number of hydrogen-bond acceptors (Lipinski definition) is 5. The van der Waals surface area contributed by atoms with E-state index in [2.05, 4.69) is 16.9 Å². The lowest BCUT2D eigenvalue weighted by Gasteiger charge is -2.35. The number of nitrogens with zero attached hydrogens (tertiary/aromatic N) is 3. The lowest BCUT2D eigenvalue weighted by atomic mass is 10.0. The molecule has 3 heterocycles. The first-order chi connectivity index (χ1) is 9.13. The molecule has 2 aliphatic rings. The second-order valence-corrected chi connectivity index (χ2v) is 6.74. The van der Waals surface area contributed by atoms with Crippen LogP contribution in [0, 0.1) is 10.1 Å². The van der Waals surface area contributed by atoms with Crippen LogP contribution in [0.5, 0.6) is 0 Å². The zero-order chi connectivity index (χ0) is 13.4. The van der Waals surface area contributed by atoms with Crippen LogP contribution >= 0.6 is 11.8 Å². The summed E-state index contributed by atoms with van der Waals surface area (Å²) in [7, 11) is 2.23. The molecule has 2 saturated heterocycles. The predicted molar refractivity (Wildman–Crippen MR) is 74.3 cm³/mol. The fourth-order valence-corrected chi connectivity index (χ4v) is 4.48. The van der Waals surface area contributed by atoms with E-state index in [4.69, 9.17) is 0 Å². The van der Waals surface area contributed by atoms with Crippen molar-refractivity contribution in [1.29, 1.82) is 0 Å². The molecule has 102 valence electrons. The Balaban J connectivity index is 1.64. The van der Waals surface area contributed by atoms with Crippen molar-refractivity contribution in [1.82, 2.24) is 9.88 Å². The quantitative estimate of drug-likeness (QED) is 0.629. The molecule has 0 spiro atoms.